The highest BCUT2D eigenvalue weighted by Gasteiger charge is 2.20. The van der Waals surface area contributed by atoms with Crippen molar-refractivity contribution in [3.8, 4) is 5.75 Å². The number of hydrogen-bond donors (Lipinski definition) is 2. The van der Waals surface area contributed by atoms with E-state index in [9.17, 15) is 4.79 Å². The van der Waals surface area contributed by atoms with Crippen LogP contribution in [-0.2, 0) is 0 Å². The summed E-state index contributed by atoms with van der Waals surface area (Å²) in [7, 11) is 1.55. The zero-order chi connectivity index (χ0) is 16.2. The number of hydrogen-bond acceptors (Lipinski definition) is 6. The molecule has 3 rings (SSSR count). The second-order valence-corrected chi connectivity index (χ2v) is 6.03. The van der Waals surface area contributed by atoms with Crippen LogP contribution >= 0.6 is 11.8 Å². The van der Waals surface area contributed by atoms with E-state index in [1.165, 1.54) is 0 Å². The molecule has 0 fully saturated rings. The summed E-state index contributed by atoms with van der Waals surface area (Å²) >= 11 is 1.66. The molecule has 0 spiro atoms. The van der Waals surface area contributed by atoms with Crippen LogP contribution in [0.25, 0.3) is 0 Å². The number of thioether (sulfide) groups is 1. The third-order valence-corrected chi connectivity index (χ3v) is 4.52. The molecule has 2 heterocycles. The van der Waals surface area contributed by atoms with Gasteiger partial charge in [0.1, 0.15) is 5.75 Å². The Balaban J connectivity index is 1.85. The van der Waals surface area contributed by atoms with Crippen molar-refractivity contribution in [3.63, 3.8) is 0 Å². The van der Waals surface area contributed by atoms with Gasteiger partial charge in [0.2, 0.25) is 0 Å². The number of amides is 1. The van der Waals surface area contributed by atoms with Gasteiger partial charge in [0.25, 0.3) is 5.91 Å². The summed E-state index contributed by atoms with van der Waals surface area (Å²) in [5.74, 6) is 0.272. The van der Waals surface area contributed by atoms with Crippen LogP contribution < -0.4 is 15.8 Å². The normalized spacial score (nSPS) is 16.3. The molecule has 0 radical (unpaired) electrons. The zero-order valence-electron chi connectivity index (χ0n) is 12.5. The van der Waals surface area contributed by atoms with Crippen molar-refractivity contribution in [2.24, 2.45) is 0 Å². The first kappa shape index (κ1) is 15.4. The number of rotatable bonds is 4. The highest BCUT2D eigenvalue weighted by molar-refractivity contribution is 8.02. The summed E-state index contributed by atoms with van der Waals surface area (Å²) < 4.78 is 5.22. The summed E-state index contributed by atoms with van der Waals surface area (Å²) in [6, 6.07) is 7.15. The van der Waals surface area contributed by atoms with Gasteiger partial charge in [0, 0.05) is 0 Å². The molecule has 1 aromatic heterocycles. The Morgan fingerprint density at radius 1 is 1.43 bits per heavy atom. The number of nitrogens with zero attached hydrogens (tertiary/aromatic N) is 2. The summed E-state index contributed by atoms with van der Waals surface area (Å²) in [6.07, 6.45) is 4.57. The van der Waals surface area contributed by atoms with Crippen molar-refractivity contribution in [2.45, 2.75) is 11.7 Å². The number of benzene rings is 1. The Morgan fingerprint density at radius 3 is 3.00 bits per heavy atom. The van der Waals surface area contributed by atoms with E-state index in [1.807, 2.05) is 17.5 Å². The van der Waals surface area contributed by atoms with Gasteiger partial charge in [-0.05, 0) is 24.0 Å². The van der Waals surface area contributed by atoms with Crippen molar-refractivity contribution in [1.29, 1.82) is 0 Å². The Morgan fingerprint density at radius 2 is 2.26 bits per heavy atom. The molecule has 1 aliphatic rings. The number of methoxy groups -OCH3 is 1. The molecule has 0 bridgehead atoms. The molecule has 1 aromatic carbocycles. The lowest BCUT2D eigenvalue weighted by Crippen LogP contribution is -2.18. The number of nitrogen functional groups attached to an aromatic ring is 1. The maximum atomic E-state index is 12.5. The van der Waals surface area contributed by atoms with Crippen molar-refractivity contribution in [3.05, 3.63) is 53.3 Å². The number of ether oxygens (including phenoxy) is 1. The van der Waals surface area contributed by atoms with E-state index < -0.39 is 5.91 Å². The first-order chi connectivity index (χ1) is 11.2. The molecule has 7 heteroatoms. The van der Waals surface area contributed by atoms with E-state index in [-0.39, 0.29) is 16.8 Å². The smallest absolute Gasteiger partial charge is 0.278 e. The summed E-state index contributed by atoms with van der Waals surface area (Å²) in [6.45, 7) is 0. The maximum absolute atomic E-state index is 12.5. The van der Waals surface area contributed by atoms with E-state index in [1.54, 1.807) is 37.2 Å². The second kappa shape index (κ2) is 6.70. The summed E-state index contributed by atoms with van der Waals surface area (Å²) in [5.41, 5.74) is 7.26. The summed E-state index contributed by atoms with van der Waals surface area (Å²) in [5, 5.41) is 4.97. The molecular weight excluding hydrogens is 312 g/mol. The molecule has 23 heavy (non-hydrogen) atoms. The van der Waals surface area contributed by atoms with Crippen LogP contribution in [0, 0.1) is 0 Å². The lowest BCUT2D eigenvalue weighted by Gasteiger charge is -2.12. The SMILES string of the molecule is COc1ccccc1NC(=O)c1nc(C2CC=CS2)cnc1N. The largest absolute Gasteiger partial charge is 0.495 e. The molecule has 1 amide bonds. The highest BCUT2D eigenvalue weighted by Crippen LogP contribution is 2.37. The number of anilines is 2. The minimum absolute atomic E-state index is 0.108. The van der Waals surface area contributed by atoms with Gasteiger partial charge in [-0.25, -0.2) is 9.97 Å². The van der Waals surface area contributed by atoms with Gasteiger partial charge in [-0.2, -0.15) is 0 Å². The molecule has 2 aromatic rings. The Labute approximate surface area is 138 Å². The van der Waals surface area contributed by atoms with Crippen LogP contribution in [0.4, 0.5) is 11.5 Å². The van der Waals surface area contributed by atoms with Crippen molar-refractivity contribution in [2.75, 3.05) is 18.2 Å². The Bertz CT molecular complexity index is 755. The van der Waals surface area contributed by atoms with Crippen molar-refractivity contribution < 1.29 is 9.53 Å². The van der Waals surface area contributed by atoms with E-state index >= 15 is 0 Å². The number of para-hydroxylation sites is 2. The Kier molecular flexibility index (Phi) is 4.47. The van der Waals surface area contributed by atoms with Crippen molar-refractivity contribution in [1.82, 2.24) is 9.97 Å². The van der Waals surface area contributed by atoms with Crippen molar-refractivity contribution >= 4 is 29.2 Å². The van der Waals surface area contributed by atoms with E-state index in [0.717, 1.165) is 12.1 Å². The molecule has 3 N–H and O–H groups in total. The third-order valence-electron chi connectivity index (χ3n) is 3.41. The number of nitrogens with two attached hydrogens (primary N) is 1. The first-order valence-corrected chi connectivity index (χ1v) is 8.00. The monoisotopic (exact) mass is 328 g/mol. The topological polar surface area (TPSA) is 90.1 Å². The van der Waals surface area contributed by atoms with Crippen LogP contribution in [-0.4, -0.2) is 23.0 Å². The van der Waals surface area contributed by atoms with Gasteiger partial charge >= 0.3 is 0 Å². The number of allylic oxidation sites excluding steroid dienone is 1. The molecule has 1 unspecified atom stereocenters. The minimum atomic E-state index is -0.405. The lowest BCUT2D eigenvalue weighted by molar-refractivity contribution is 0.102. The third kappa shape index (κ3) is 3.29. The van der Waals surface area contributed by atoms with Gasteiger partial charge in [-0.15, -0.1) is 11.8 Å². The first-order valence-electron chi connectivity index (χ1n) is 7.06. The van der Waals surface area contributed by atoms with Crippen LogP contribution in [0.15, 0.2) is 41.9 Å². The molecule has 0 saturated heterocycles. The molecular formula is C16H16N4O2S. The van der Waals surface area contributed by atoms with Crippen LogP contribution in [0.2, 0.25) is 0 Å². The lowest BCUT2D eigenvalue weighted by atomic mass is 10.2. The average Bonchev–Trinajstić information content (AvgIpc) is 3.10. The quantitative estimate of drug-likeness (QED) is 0.896. The van der Waals surface area contributed by atoms with Gasteiger partial charge in [-0.3, -0.25) is 4.79 Å². The van der Waals surface area contributed by atoms with E-state index in [2.05, 4.69) is 21.4 Å². The minimum Gasteiger partial charge on any atom is -0.495 e. The molecule has 118 valence electrons. The molecule has 0 saturated carbocycles. The predicted molar refractivity (Wildman–Crippen MR) is 91.5 cm³/mol. The van der Waals surface area contributed by atoms with Gasteiger partial charge in [-0.1, -0.05) is 18.2 Å². The standard InChI is InChI=1S/C16H16N4O2S/c1-22-12-6-3-2-5-10(12)20-16(21)14-15(17)18-9-11(19-14)13-7-4-8-23-13/h2-6,8-9,13H,7H2,1H3,(H2,17,18)(H,20,21). The number of aromatic nitrogens is 2. The van der Waals surface area contributed by atoms with E-state index in [0.29, 0.717) is 11.4 Å². The van der Waals surface area contributed by atoms with Crippen LogP contribution in [0.3, 0.4) is 0 Å². The molecule has 0 aliphatic carbocycles. The average molecular weight is 328 g/mol. The number of carbonyl (C=O) groups is 1. The van der Waals surface area contributed by atoms with Crippen LogP contribution in [0.1, 0.15) is 27.9 Å². The number of nitrogens with one attached hydrogen (secondary N) is 1. The van der Waals surface area contributed by atoms with Gasteiger partial charge < -0.3 is 15.8 Å². The molecule has 1 aliphatic heterocycles. The summed E-state index contributed by atoms with van der Waals surface area (Å²) in [4.78, 5) is 21.0. The molecule has 1 atom stereocenters. The van der Waals surface area contributed by atoms with Gasteiger partial charge in [0.15, 0.2) is 11.5 Å². The fourth-order valence-corrected chi connectivity index (χ4v) is 3.13. The molecule has 6 nitrogen and oxygen atoms in total. The highest BCUT2D eigenvalue weighted by atomic mass is 32.2. The van der Waals surface area contributed by atoms with E-state index in [4.69, 9.17) is 10.5 Å². The zero-order valence-corrected chi connectivity index (χ0v) is 13.3. The fourth-order valence-electron chi connectivity index (χ4n) is 2.24. The van der Waals surface area contributed by atoms with Gasteiger partial charge in [0.05, 0.1) is 29.9 Å². The van der Waals surface area contributed by atoms with Crippen LogP contribution in [0.5, 0.6) is 5.75 Å². The fraction of sp³-hybridized carbons (Fsp3) is 0.188. The predicted octanol–water partition coefficient (Wildman–Crippen LogP) is 3.01. The Hall–Kier alpha value is -2.54. The maximum Gasteiger partial charge on any atom is 0.278 e. The number of carbonyl (C=O) groups excluding carboxylic acids is 1. The second-order valence-electron chi connectivity index (χ2n) is 4.92.